The summed E-state index contributed by atoms with van der Waals surface area (Å²) in [6.07, 6.45) is 0. The highest BCUT2D eigenvalue weighted by Crippen LogP contribution is 2.26. The molecule has 0 aliphatic rings. The Morgan fingerprint density at radius 1 is 1.33 bits per heavy atom. The van der Waals surface area contributed by atoms with Gasteiger partial charge < -0.3 is 4.74 Å². The van der Waals surface area contributed by atoms with E-state index in [0.29, 0.717) is 26.5 Å². The molecule has 122 valence electrons. The fraction of sp³-hybridized carbons (Fsp3) is 0.133. The van der Waals surface area contributed by atoms with Gasteiger partial charge in [0.15, 0.2) is 5.82 Å². The maximum Gasteiger partial charge on any atom is 0.272 e. The lowest BCUT2D eigenvalue weighted by atomic mass is 10.3. The minimum absolute atomic E-state index is 0.103. The molecule has 0 saturated carbocycles. The SMILES string of the molecule is Cn1c(=O)c2sccc2n2c(COc3ccc(F)cc3Br)nnc12. The summed E-state index contributed by atoms with van der Waals surface area (Å²) in [6, 6.07) is 6.05. The van der Waals surface area contributed by atoms with Crippen LogP contribution >= 0.6 is 27.3 Å². The van der Waals surface area contributed by atoms with Crippen LogP contribution in [-0.4, -0.2) is 19.2 Å². The number of thiophene rings is 1. The zero-order valence-corrected chi connectivity index (χ0v) is 14.8. The van der Waals surface area contributed by atoms with Crippen molar-refractivity contribution in [1.29, 1.82) is 0 Å². The van der Waals surface area contributed by atoms with E-state index >= 15 is 0 Å². The molecule has 0 aliphatic carbocycles. The van der Waals surface area contributed by atoms with E-state index in [2.05, 4.69) is 26.1 Å². The van der Waals surface area contributed by atoms with Crippen LogP contribution in [0.4, 0.5) is 4.39 Å². The highest BCUT2D eigenvalue weighted by Gasteiger charge is 2.16. The summed E-state index contributed by atoms with van der Waals surface area (Å²) in [5, 5.41) is 10.1. The van der Waals surface area contributed by atoms with E-state index in [1.165, 1.54) is 28.0 Å². The molecule has 0 amide bonds. The smallest absolute Gasteiger partial charge is 0.272 e. The molecule has 0 bridgehead atoms. The number of ether oxygens (including phenoxy) is 1. The fourth-order valence-corrected chi connectivity index (χ4v) is 3.80. The number of fused-ring (bicyclic) bond motifs is 3. The van der Waals surface area contributed by atoms with Gasteiger partial charge in [0, 0.05) is 7.05 Å². The van der Waals surface area contributed by atoms with Gasteiger partial charge in [0.2, 0.25) is 5.78 Å². The van der Waals surface area contributed by atoms with Crippen molar-refractivity contribution in [3.63, 3.8) is 0 Å². The lowest BCUT2D eigenvalue weighted by Gasteiger charge is -2.08. The van der Waals surface area contributed by atoms with E-state index in [-0.39, 0.29) is 18.0 Å². The highest BCUT2D eigenvalue weighted by molar-refractivity contribution is 9.10. The zero-order valence-electron chi connectivity index (χ0n) is 12.4. The summed E-state index contributed by atoms with van der Waals surface area (Å²) in [7, 11) is 1.66. The third-order valence-corrected chi connectivity index (χ3v) is 5.16. The van der Waals surface area contributed by atoms with Crippen molar-refractivity contribution < 1.29 is 9.13 Å². The Morgan fingerprint density at radius 3 is 2.96 bits per heavy atom. The summed E-state index contributed by atoms with van der Waals surface area (Å²) in [4.78, 5) is 12.3. The first-order chi connectivity index (χ1) is 11.6. The first-order valence-electron chi connectivity index (χ1n) is 6.94. The largest absolute Gasteiger partial charge is 0.484 e. The van der Waals surface area contributed by atoms with Gasteiger partial charge in [-0.2, -0.15) is 0 Å². The van der Waals surface area contributed by atoms with Crippen molar-refractivity contribution in [2.45, 2.75) is 6.61 Å². The number of aromatic nitrogens is 4. The van der Waals surface area contributed by atoms with Gasteiger partial charge >= 0.3 is 0 Å². The molecule has 0 unspecified atom stereocenters. The number of hydrogen-bond donors (Lipinski definition) is 0. The molecule has 0 fully saturated rings. The monoisotopic (exact) mass is 408 g/mol. The fourth-order valence-electron chi connectivity index (χ4n) is 2.48. The molecule has 4 rings (SSSR count). The molecule has 0 atom stereocenters. The number of nitrogens with zero attached hydrogens (tertiary/aromatic N) is 4. The van der Waals surface area contributed by atoms with Crippen molar-refractivity contribution in [2.75, 3.05) is 0 Å². The van der Waals surface area contributed by atoms with Crippen molar-refractivity contribution >= 4 is 43.3 Å². The molecule has 3 heterocycles. The third-order valence-electron chi connectivity index (χ3n) is 3.65. The minimum Gasteiger partial charge on any atom is -0.484 e. The predicted octanol–water partition coefficient (Wildman–Crippen LogP) is 3.12. The Hall–Kier alpha value is -2.26. The van der Waals surface area contributed by atoms with Crippen molar-refractivity contribution in [3.05, 3.63) is 56.1 Å². The van der Waals surface area contributed by atoms with Gasteiger partial charge in [0.1, 0.15) is 22.9 Å². The Bertz CT molecular complexity index is 1130. The number of hydrogen-bond acceptors (Lipinski definition) is 5. The first kappa shape index (κ1) is 15.3. The molecule has 4 aromatic rings. The van der Waals surface area contributed by atoms with Crippen LogP contribution in [0.2, 0.25) is 0 Å². The van der Waals surface area contributed by atoms with E-state index < -0.39 is 0 Å². The van der Waals surface area contributed by atoms with Gasteiger partial charge in [-0.15, -0.1) is 21.5 Å². The van der Waals surface area contributed by atoms with E-state index in [4.69, 9.17) is 4.74 Å². The molecular formula is C15H10BrFN4O2S. The molecular weight excluding hydrogens is 399 g/mol. The van der Waals surface area contributed by atoms with Crippen LogP contribution in [0.5, 0.6) is 5.75 Å². The summed E-state index contributed by atoms with van der Waals surface area (Å²) in [5.74, 6) is 1.15. The van der Waals surface area contributed by atoms with Gasteiger partial charge in [0.25, 0.3) is 5.56 Å². The summed E-state index contributed by atoms with van der Waals surface area (Å²) in [6.45, 7) is 0.133. The summed E-state index contributed by atoms with van der Waals surface area (Å²) >= 11 is 4.64. The second-order valence-electron chi connectivity index (χ2n) is 5.11. The molecule has 1 aromatic carbocycles. The highest BCUT2D eigenvalue weighted by atomic mass is 79.9. The first-order valence-corrected chi connectivity index (χ1v) is 8.61. The quantitative estimate of drug-likeness (QED) is 0.522. The molecule has 0 aliphatic heterocycles. The molecule has 0 radical (unpaired) electrons. The normalized spacial score (nSPS) is 11.5. The number of benzene rings is 1. The van der Waals surface area contributed by atoms with Gasteiger partial charge in [0.05, 0.1) is 9.99 Å². The van der Waals surface area contributed by atoms with Crippen LogP contribution in [0.15, 0.2) is 38.9 Å². The van der Waals surface area contributed by atoms with E-state index in [9.17, 15) is 9.18 Å². The standard InChI is InChI=1S/C15H10BrFN4O2S/c1-20-14(22)13-10(4-5-24-13)21-12(18-19-15(20)21)7-23-11-3-2-8(17)6-9(11)16/h2-6H,7H2,1H3. The maximum atomic E-state index is 13.1. The maximum absolute atomic E-state index is 13.1. The molecule has 6 nitrogen and oxygen atoms in total. The Morgan fingerprint density at radius 2 is 2.17 bits per heavy atom. The molecule has 24 heavy (non-hydrogen) atoms. The predicted molar refractivity (Wildman–Crippen MR) is 92.0 cm³/mol. The van der Waals surface area contributed by atoms with E-state index in [1.54, 1.807) is 17.5 Å². The van der Waals surface area contributed by atoms with Crippen molar-refractivity contribution in [3.8, 4) is 5.75 Å². The van der Waals surface area contributed by atoms with Gasteiger partial charge in [-0.1, -0.05) is 0 Å². The van der Waals surface area contributed by atoms with E-state index in [1.807, 2.05) is 11.4 Å². The topological polar surface area (TPSA) is 61.4 Å². The molecule has 0 N–H and O–H groups in total. The van der Waals surface area contributed by atoms with Crippen molar-refractivity contribution in [1.82, 2.24) is 19.2 Å². The van der Waals surface area contributed by atoms with Crippen LogP contribution in [0.1, 0.15) is 5.82 Å². The third kappa shape index (κ3) is 2.31. The second-order valence-corrected chi connectivity index (χ2v) is 6.88. The van der Waals surface area contributed by atoms with Gasteiger partial charge in [-0.05, 0) is 45.6 Å². The molecule has 0 spiro atoms. The van der Waals surface area contributed by atoms with Gasteiger partial charge in [-0.25, -0.2) is 4.39 Å². The van der Waals surface area contributed by atoms with Gasteiger partial charge in [-0.3, -0.25) is 13.8 Å². The molecule has 3 aromatic heterocycles. The summed E-state index contributed by atoms with van der Waals surface area (Å²) in [5.41, 5.74) is 0.647. The minimum atomic E-state index is -0.350. The van der Waals surface area contributed by atoms with Crippen LogP contribution in [0.25, 0.3) is 16.0 Å². The number of halogens is 2. The molecule has 9 heteroatoms. The lowest BCUT2D eigenvalue weighted by Crippen LogP contribution is -2.19. The summed E-state index contributed by atoms with van der Waals surface area (Å²) < 4.78 is 23.3. The van der Waals surface area contributed by atoms with Crippen molar-refractivity contribution in [2.24, 2.45) is 7.05 Å². The van der Waals surface area contributed by atoms with Crippen LogP contribution in [0.3, 0.4) is 0 Å². The molecule has 0 saturated heterocycles. The number of rotatable bonds is 3. The Balaban J connectivity index is 1.79. The average Bonchev–Trinajstić information content (AvgIpc) is 3.18. The Labute approximate surface area is 147 Å². The van der Waals surface area contributed by atoms with Crippen LogP contribution < -0.4 is 10.3 Å². The second kappa shape index (κ2) is 5.67. The van der Waals surface area contributed by atoms with Crippen LogP contribution in [-0.2, 0) is 13.7 Å². The zero-order chi connectivity index (χ0) is 16.8. The Kier molecular flexibility index (Phi) is 3.61. The van der Waals surface area contributed by atoms with Crippen LogP contribution in [0, 0.1) is 5.82 Å². The lowest BCUT2D eigenvalue weighted by molar-refractivity contribution is 0.292. The average molecular weight is 409 g/mol. The number of aryl methyl sites for hydroxylation is 1. The van der Waals surface area contributed by atoms with E-state index in [0.717, 1.165) is 5.52 Å².